The van der Waals surface area contributed by atoms with Gasteiger partial charge >= 0.3 is 0 Å². The lowest BCUT2D eigenvalue weighted by atomic mass is 9.99. The molecule has 3 N–H and O–H groups in total. The number of carbonyl (C=O) groups excluding carboxylic acids is 1. The van der Waals surface area contributed by atoms with Gasteiger partial charge in [-0.05, 0) is 37.1 Å². The van der Waals surface area contributed by atoms with Gasteiger partial charge in [-0.3, -0.25) is 4.79 Å². The number of rotatable bonds is 2. The van der Waals surface area contributed by atoms with Gasteiger partial charge in [0.1, 0.15) is 5.82 Å². The van der Waals surface area contributed by atoms with Gasteiger partial charge in [-0.25, -0.2) is 4.39 Å². The minimum absolute atomic E-state index is 0.145. The van der Waals surface area contributed by atoms with Crippen LogP contribution in [0.2, 0.25) is 0 Å². The second-order valence-corrected chi connectivity index (χ2v) is 3.79. The van der Waals surface area contributed by atoms with E-state index < -0.39 is 0 Å². The molecule has 2 rings (SSSR count). The molecule has 15 heavy (non-hydrogen) atoms. The Kier molecular flexibility index (Phi) is 2.44. The molecular formula is C11H13FN2O. The predicted octanol–water partition coefficient (Wildman–Crippen LogP) is 1.38. The van der Waals surface area contributed by atoms with Crippen molar-refractivity contribution >= 4 is 11.6 Å². The normalized spacial score (nSPS) is 18.9. The summed E-state index contributed by atoms with van der Waals surface area (Å²) in [4.78, 5) is 11.3. The van der Waals surface area contributed by atoms with Crippen LogP contribution in [0.5, 0.6) is 0 Å². The van der Waals surface area contributed by atoms with E-state index in [9.17, 15) is 9.18 Å². The maximum absolute atomic E-state index is 13.6. The third-order valence-electron chi connectivity index (χ3n) is 2.72. The zero-order valence-corrected chi connectivity index (χ0v) is 8.51. The van der Waals surface area contributed by atoms with Crippen molar-refractivity contribution in [2.75, 3.05) is 11.9 Å². The Hall–Kier alpha value is -1.42. The standard InChI is InChI=1S/C11H13FN2O/c1-6-8-4-7(2-3-13)5-9(12)10(8)14-11(6)15/h4-6H,2-3,13H2,1H3,(H,14,15). The first-order chi connectivity index (χ1) is 7.13. The first-order valence-corrected chi connectivity index (χ1v) is 4.96. The number of carbonyl (C=O) groups is 1. The number of fused-ring (bicyclic) bond motifs is 1. The van der Waals surface area contributed by atoms with E-state index in [1.54, 1.807) is 6.92 Å². The predicted molar refractivity (Wildman–Crippen MR) is 56.2 cm³/mol. The highest BCUT2D eigenvalue weighted by Gasteiger charge is 2.29. The topological polar surface area (TPSA) is 55.1 Å². The quantitative estimate of drug-likeness (QED) is 0.771. The van der Waals surface area contributed by atoms with Gasteiger partial charge in [0, 0.05) is 0 Å². The summed E-state index contributed by atoms with van der Waals surface area (Å²) in [6.07, 6.45) is 0.630. The number of anilines is 1. The zero-order valence-electron chi connectivity index (χ0n) is 8.51. The van der Waals surface area contributed by atoms with Crippen molar-refractivity contribution in [1.29, 1.82) is 0 Å². The molecule has 1 aromatic carbocycles. The largest absolute Gasteiger partial charge is 0.330 e. The zero-order chi connectivity index (χ0) is 11.0. The van der Waals surface area contributed by atoms with Crippen molar-refractivity contribution in [3.05, 3.63) is 29.1 Å². The van der Waals surface area contributed by atoms with Crippen molar-refractivity contribution in [2.24, 2.45) is 5.73 Å². The minimum atomic E-state index is -0.367. The molecule has 0 bridgehead atoms. The molecular weight excluding hydrogens is 195 g/mol. The maximum Gasteiger partial charge on any atom is 0.231 e. The second kappa shape index (κ2) is 3.62. The van der Waals surface area contributed by atoms with Crippen LogP contribution in [-0.2, 0) is 11.2 Å². The third-order valence-corrected chi connectivity index (χ3v) is 2.72. The minimum Gasteiger partial charge on any atom is -0.330 e. The summed E-state index contributed by atoms with van der Waals surface area (Å²) in [6.45, 7) is 2.25. The maximum atomic E-state index is 13.6. The van der Waals surface area contributed by atoms with Gasteiger partial charge in [0.05, 0.1) is 11.6 Å². The number of nitrogens with one attached hydrogen (secondary N) is 1. The SMILES string of the molecule is CC1C(=O)Nc2c(F)cc(CCN)cc21. The van der Waals surface area contributed by atoms with E-state index in [1.165, 1.54) is 6.07 Å². The van der Waals surface area contributed by atoms with Gasteiger partial charge in [-0.15, -0.1) is 0 Å². The third kappa shape index (κ3) is 1.61. The Morgan fingerprint density at radius 3 is 2.93 bits per heavy atom. The van der Waals surface area contributed by atoms with E-state index >= 15 is 0 Å². The van der Waals surface area contributed by atoms with Crippen LogP contribution in [-0.4, -0.2) is 12.5 Å². The van der Waals surface area contributed by atoms with Crippen LogP contribution in [0.4, 0.5) is 10.1 Å². The molecule has 4 heteroatoms. The Labute approximate surface area is 87.5 Å². The molecule has 1 aliphatic rings. The fourth-order valence-electron chi connectivity index (χ4n) is 1.84. The molecule has 0 saturated carbocycles. The highest BCUT2D eigenvalue weighted by molar-refractivity contribution is 6.02. The van der Waals surface area contributed by atoms with Gasteiger partial charge in [-0.2, -0.15) is 0 Å². The summed E-state index contributed by atoms with van der Waals surface area (Å²) >= 11 is 0. The number of benzene rings is 1. The van der Waals surface area contributed by atoms with Crippen molar-refractivity contribution in [1.82, 2.24) is 0 Å². The van der Waals surface area contributed by atoms with Crippen LogP contribution in [0, 0.1) is 5.82 Å². The highest BCUT2D eigenvalue weighted by Crippen LogP contribution is 2.35. The van der Waals surface area contributed by atoms with Gasteiger partial charge in [0.2, 0.25) is 5.91 Å². The number of amides is 1. The number of hydrogen-bond donors (Lipinski definition) is 2. The van der Waals surface area contributed by atoms with Gasteiger partial charge in [0.25, 0.3) is 0 Å². The molecule has 0 fully saturated rings. The monoisotopic (exact) mass is 208 g/mol. The molecule has 1 aliphatic heterocycles. The average Bonchev–Trinajstić information content (AvgIpc) is 2.46. The molecule has 80 valence electrons. The molecule has 0 saturated heterocycles. The average molecular weight is 208 g/mol. The molecule has 1 heterocycles. The summed E-state index contributed by atoms with van der Waals surface area (Å²) in [5, 5.41) is 2.54. The van der Waals surface area contributed by atoms with Crippen molar-refractivity contribution in [3.8, 4) is 0 Å². The molecule has 0 radical (unpaired) electrons. The smallest absolute Gasteiger partial charge is 0.231 e. The Balaban J connectivity index is 2.47. The molecule has 0 aliphatic carbocycles. The molecule has 0 spiro atoms. The summed E-state index contributed by atoms with van der Waals surface area (Å²) in [7, 11) is 0. The molecule has 1 unspecified atom stereocenters. The van der Waals surface area contributed by atoms with E-state index in [-0.39, 0.29) is 17.6 Å². The number of halogens is 1. The van der Waals surface area contributed by atoms with Gasteiger partial charge < -0.3 is 11.1 Å². The van der Waals surface area contributed by atoms with Gasteiger partial charge in [-0.1, -0.05) is 6.07 Å². The van der Waals surface area contributed by atoms with Crippen LogP contribution in [0.25, 0.3) is 0 Å². The van der Waals surface area contributed by atoms with Crippen LogP contribution >= 0.6 is 0 Å². The van der Waals surface area contributed by atoms with Crippen molar-refractivity contribution < 1.29 is 9.18 Å². The molecule has 1 atom stereocenters. The lowest BCUT2D eigenvalue weighted by Gasteiger charge is -2.06. The summed E-state index contributed by atoms with van der Waals surface area (Å²) in [5.41, 5.74) is 7.32. The number of nitrogens with two attached hydrogens (primary N) is 1. The van der Waals surface area contributed by atoms with Crippen LogP contribution in [0.3, 0.4) is 0 Å². The fraction of sp³-hybridized carbons (Fsp3) is 0.364. The van der Waals surface area contributed by atoms with Crippen LogP contribution in [0.1, 0.15) is 24.0 Å². The molecule has 1 amide bonds. The van der Waals surface area contributed by atoms with E-state index in [1.807, 2.05) is 6.07 Å². The lowest BCUT2D eigenvalue weighted by Crippen LogP contribution is -2.08. The van der Waals surface area contributed by atoms with Gasteiger partial charge in [0.15, 0.2) is 0 Å². The Bertz CT molecular complexity index is 417. The fourth-order valence-corrected chi connectivity index (χ4v) is 1.84. The van der Waals surface area contributed by atoms with Crippen molar-refractivity contribution in [2.45, 2.75) is 19.3 Å². The number of hydrogen-bond acceptors (Lipinski definition) is 2. The first kappa shape index (κ1) is 10.1. The second-order valence-electron chi connectivity index (χ2n) is 3.79. The van der Waals surface area contributed by atoms with Crippen LogP contribution in [0.15, 0.2) is 12.1 Å². The first-order valence-electron chi connectivity index (χ1n) is 4.96. The lowest BCUT2D eigenvalue weighted by molar-refractivity contribution is -0.116. The summed E-state index contributed by atoms with van der Waals surface area (Å²) in [5.74, 6) is -0.783. The summed E-state index contributed by atoms with van der Waals surface area (Å²) in [6, 6.07) is 3.29. The van der Waals surface area contributed by atoms with Crippen molar-refractivity contribution in [3.63, 3.8) is 0 Å². The van der Waals surface area contributed by atoms with E-state index in [2.05, 4.69) is 5.32 Å². The highest BCUT2D eigenvalue weighted by atomic mass is 19.1. The van der Waals surface area contributed by atoms with E-state index in [0.717, 1.165) is 11.1 Å². The van der Waals surface area contributed by atoms with E-state index in [4.69, 9.17) is 5.73 Å². The molecule has 3 nitrogen and oxygen atoms in total. The Morgan fingerprint density at radius 2 is 2.27 bits per heavy atom. The summed E-state index contributed by atoms with van der Waals surface area (Å²) < 4.78 is 13.6. The van der Waals surface area contributed by atoms with Crippen LogP contribution < -0.4 is 11.1 Å². The van der Waals surface area contributed by atoms with E-state index in [0.29, 0.717) is 18.7 Å². The Morgan fingerprint density at radius 1 is 1.53 bits per heavy atom. The molecule has 1 aromatic rings. The molecule has 0 aromatic heterocycles.